The number of hydrogen-bond acceptors (Lipinski definition) is 2. The van der Waals surface area contributed by atoms with Crippen LogP contribution in [0.2, 0.25) is 5.02 Å². The molecule has 4 nitrogen and oxygen atoms in total. The smallest absolute Gasteiger partial charge is 0.326 e. The van der Waals surface area contributed by atoms with Crippen molar-refractivity contribution in [2.75, 3.05) is 0 Å². The van der Waals surface area contributed by atoms with E-state index in [1.165, 1.54) is 0 Å². The number of carbonyl (C=O) groups excluding carboxylic acids is 1. The predicted molar refractivity (Wildman–Crippen MR) is 74.3 cm³/mol. The van der Waals surface area contributed by atoms with Crippen LogP contribution in [0.3, 0.4) is 0 Å². The Labute approximate surface area is 117 Å². The zero-order valence-corrected chi connectivity index (χ0v) is 12.0. The number of benzene rings is 1. The number of carbonyl (C=O) groups is 2. The third-order valence-electron chi connectivity index (χ3n) is 2.90. The molecule has 0 bridgehead atoms. The minimum absolute atomic E-state index is 0.152. The summed E-state index contributed by atoms with van der Waals surface area (Å²) in [5, 5.41) is 12.2. The van der Waals surface area contributed by atoms with Gasteiger partial charge in [-0.2, -0.15) is 0 Å². The number of amides is 1. The van der Waals surface area contributed by atoms with Crippen LogP contribution in [-0.2, 0) is 16.0 Å². The van der Waals surface area contributed by atoms with Crippen molar-refractivity contribution in [1.29, 1.82) is 0 Å². The Bertz CT molecular complexity index is 486. The number of nitrogens with one attached hydrogen (secondary N) is 1. The molecule has 19 heavy (non-hydrogen) atoms. The summed E-state index contributed by atoms with van der Waals surface area (Å²) in [6.07, 6.45) is 0.152. The van der Waals surface area contributed by atoms with Crippen molar-refractivity contribution in [2.45, 2.75) is 33.2 Å². The van der Waals surface area contributed by atoms with Crippen molar-refractivity contribution in [3.63, 3.8) is 0 Å². The molecular weight excluding hydrogens is 266 g/mol. The Morgan fingerprint density at radius 2 is 2.00 bits per heavy atom. The van der Waals surface area contributed by atoms with Crippen LogP contribution in [-0.4, -0.2) is 23.0 Å². The molecule has 0 fully saturated rings. The monoisotopic (exact) mass is 283 g/mol. The largest absolute Gasteiger partial charge is 0.480 e. The summed E-state index contributed by atoms with van der Waals surface area (Å²) < 4.78 is 0. The summed E-state index contributed by atoms with van der Waals surface area (Å²) >= 11 is 5.84. The lowest BCUT2D eigenvalue weighted by Gasteiger charge is -2.18. The summed E-state index contributed by atoms with van der Waals surface area (Å²) in [4.78, 5) is 22.9. The van der Waals surface area contributed by atoms with Crippen LogP contribution in [0.25, 0.3) is 0 Å². The van der Waals surface area contributed by atoms with Gasteiger partial charge in [-0.15, -0.1) is 0 Å². The molecule has 0 saturated carbocycles. The van der Waals surface area contributed by atoms with Gasteiger partial charge in [0.2, 0.25) is 5.91 Å². The van der Waals surface area contributed by atoms with Gasteiger partial charge in [-0.05, 0) is 36.1 Å². The molecule has 0 aliphatic rings. The second-order valence-corrected chi connectivity index (χ2v) is 5.31. The number of rotatable bonds is 5. The standard InChI is InChI=1S/C14H18ClNO3/c1-8(2)13(14(18)19)16-12(17)7-10-4-5-11(15)6-9(10)3/h4-6,8,13H,7H2,1-3H3,(H,16,17)(H,18,19). The number of carboxylic acid groups (broad SMARTS) is 1. The second-order valence-electron chi connectivity index (χ2n) is 4.88. The maximum Gasteiger partial charge on any atom is 0.326 e. The fourth-order valence-electron chi connectivity index (χ4n) is 1.77. The number of hydrogen-bond donors (Lipinski definition) is 2. The first-order valence-electron chi connectivity index (χ1n) is 6.08. The Balaban J connectivity index is 2.72. The summed E-state index contributed by atoms with van der Waals surface area (Å²) in [5.74, 6) is -1.48. The van der Waals surface area contributed by atoms with E-state index in [1.807, 2.05) is 6.92 Å². The maximum absolute atomic E-state index is 11.9. The van der Waals surface area contributed by atoms with Gasteiger partial charge in [-0.1, -0.05) is 31.5 Å². The molecular formula is C14H18ClNO3. The molecule has 1 aromatic rings. The third-order valence-corrected chi connectivity index (χ3v) is 3.14. The molecule has 1 atom stereocenters. The van der Waals surface area contributed by atoms with Crippen LogP contribution >= 0.6 is 11.6 Å². The third kappa shape index (κ3) is 4.56. The molecule has 0 aliphatic heterocycles. The van der Waals surface area contributed by atoms with Crippen LogP contribution in [0.5, 0.6) is 0 Å². The van der Waals surface area contributed by atoms with E-state index in [-0.39, 0.29) is 18.2 Å². The molecule has 0 aliphatic carbocycles. The zero-order valence-electron chi connectivity index (χ0n) is 11.2. The molecule has 5 heteroatoms. The van der Waals surface area contributed by atoms with Crippen LogP contribution in [0, 0.1) is 12.8 Å². The molecule has 0 saturated heterocycles. The summed E-state index contributed by atoms with van der Waals surface area (Å²) in [7, 11) is 0. The van der Waals surface area contributed by atoms with Gasteiger partial charge in [0.1, 0.15) is 6.04 Å². The molecule has 1 unspecified atom stereocenters. The molecule has 1 rings (SSSR count). The van der Waals surface area contributed by atoms with Gasteiger partial charge in [-0.25, -0.2) is 4.79 Å². The van der Waals surface area contributed by atoms with Crippen molar-refractivity contribution in [2.24, 2.45) is 5.92 Å². The van der Waals surface area contributed by atoms with Gasteiger partial charge in [0, 0.05) is 5.02 Å². The van der Waals surface area contributed by atoms with E-state index in [4.69, 9.17) is 16.7 Å². The fourth-order valence-corrected chi connectivity index (χ4v) is 2.00. The Morgan fingerprint density at radius 3 is 2.47 bits per heavy atom. The van der Waals surface area contributed by atoms with Crippen molar-refractivity contribution < 1.29 is 14.7 Å². The van der Waals surface area contributed by atoms with Gasteiger partial charge < -0.3 is 10.4 Å². The lowest BCUT2D eigenvalue weighted by atomic mass is 10.0. The molecule has 2 N–H and O–H groups in total. The van der Waals surface area contributed by atoms with E-state index in [0.29, 0.717) is 5.02 Å². The predicted octanol–water partition coefficient (Wildman–Crippen LogP) is 2.42. The van der Waals surface area contributed by atoms with E-state index >= 15 is 0 Å². The van der Waals surface area contributed by atoms with Gasteiger partial charge in [0.25, 0.3) is 0 Å². The molecule has 0 aromatic heterocycles. The van der Waals surface area contributed by atoms with E-state index in [1.54, 1.807) is 32.0 Å². The molecule has 1 aromatic carbocycles. The first kappa shape index (κ1) is 15.5. The number of aliphatic carboxylic acids is 1. The average molecular weight is 284 g/mol. The van der Waals surface area contributed by atoms with Crippen molar-refractivity contribution in [1.82, 2.24) is 5.32 Å². The van der Waals surface area contributed by atoms with E-state index < -0.39 is 12.0 Å². The summed E-state index contributed by atoms with van der Waals surface area (Å²) in [6, 6.07) is 4.41. The lowest BCUT2D eigenvalue weighted by Crippen LogP contribution is -2.44. The minimum Gasteiger partial charge on any atom is -0.480 e. The van der Waals surface area contributed by atoms with E-state index in [0.717, 1.165) is 11.1 Å². The number of aryl methyl sites for hydroxylation is 1. The molecule has 1 amide bonds. The van der Waals surface area contributed by atoms with Gasteiger partial charge in [0.15, 0.2) is 0 Å². The summed E-state index contributed by atoms with van der Waals surface area (Å²) in [5.41, 5.74) is 1.76. The van der Waals surface area contributed by atoms with Crippen molar-refractivity contribution >= 4 is 23.5 Å². The normalized spacial score (nSPS) is 12.3. The van der Waals surface area contributed by atoms with Gasteiger partial charge in [-0.3, -0.25) is 4.79 Å². The average Bonchev–Trinajstić information content (AvgIpc) is 2.29. The second kappa shape index (κ2) is 6.57. The Hall–Kier alpha value is -1.55. The minimum atomic E-state index is -1.02. The highest BCUT2D eigenvalue weighted by Gasteiger charge is 2.23. The molecule has 0 spiro atoms. The van der Waals surface area contributed by atoms with Crippen LogP contribution in [0.15, 0.2) is 18.2 Å². The SMILES string of the molecule is Cc1cc(Cl)ccc1CC(=O)NC(C(=O)O)C(C)C. The number of halogens is 1. The van der Waals surface area contributed by atoms with Crippen LogP contribution in [0.4, 0.5) is 0 Å². The molecule has 0 radical (unpaired) electrons. The quantitative estimate of drug-likeness (QED) is 0.872. The Kier molecular flexibility index (Phi) is 5.36. The number of carboxylic acids is 1. The highest BCUT2D eigenvalue weighted by Crippen LogP contribution is 2.15. The van der Waals surface area contributed by atoms with Crippen LogP contribution in [0.1, 0.15) is 25.0 Å². The Morgan fingerprint density at radius 1 is 1.37 bits per heavy atom. The van der Waals surface area contributed by atoms with Gasteiger partial charge in [0.05, 0.1) is 6.42 Å². The highest BCUT2D eigenvalue weighted by molar-refractivity contribution is 6.30. The van der Waals surface area contributed by atoms with Crippen molar-refractivity contribution in [3.05, 3.63) is 34.3 Å². The van der Waals surface area contributed by atoms with Crippen LogP contribution < -0.4 is 5.32 Å². The van der Waals surface area contributed by atoms with Gasteiger partial charge >= 0.3 is 5.97 Å². The van der Waals surface area contributed by atoms with E-state index in [2.05, 4.69) is 5.32 Å². The van der Waals surface area contributed by atoms with Crippen molar-refractivity contribution in [3.8, 4) is 0 Å². The van der Waals surface area contributed by atoms with E-state index in [9.17, 15) is 9.59 Å². The first-order chi connectivity index (χ1) is 8.81. The summed E-state index contributed by atoms with van der Waals surface area (Å²) in [6.45, 7) is 5.38. The maximum atomic E-state index is 11.9. The topological polar surface area (TPSA) is 66.4 Å². The first-order valence-corrected chi connectivity index (χ1v) is 6.46. The highest BCUT2D eigenvalue weighted by atomic mass is 35.5. The fraction of sp³-hybridized carbons (Fsp3) is 0.429. The molecule has 104 valence electrons. The lowest BCUT2D eigenvalue weighted by molar-refractivity contribution is -0.143. The molecule has 0 heterocycles. The zero-order chi connectivity index (χ0) is 14.6.